The summed E-state index contributed by atoms with van der Waals surface area (Å²) >= 11 is 0. The number of carbonyl (C=O) groups is 1. The van der Waals surface area contributed by atoms with Gasteiger partial charge in [0, 0.05) is 37.8 Å². The van der Waals surface area contributed by atoms with Gasteiger partial charge in [0.05, 0.1) is 0 Å². The summed E-state index contributed by atoms with van der Waals surface area (Å²) in [6.07, 6.45) is 2.20. The molecule has 1 unspecified atom stereocenters. The second kappa shape index (κ2) is 9.37. The summed E-state index contributed by atoms with van der Waals surface area (Å²) in [5, 5.41) is 2.93. The van der Waals surface area contributed by atoms with E-state index in [1.807, 2.05) is 25.1 Å². The summed E-state index contributed by atoms with van der Waals surface area (Å²) in [6.45, 7) is 6.76. The number of carbonyl (C=O) groups excluding carboxylic acids is 1. The fourth-order valence-corrected chi connectivity index (χ4v) is 2.06. The molecule has 20 heavy (non-hydrogen) atoms. The van der Waals surface area contributed by atoms with Crippen LogP contribution < -0.4 is 16.0 Å². The number of hydrogen-bond donors (Lipinski definition) is 2. The standard InChI is InChI=1S/C16H27N3O/c1-3-14(17)13-16(20)18-11-8-12-19(4-2)15-9-6-5-7-10-15/h5-7,9-10,14H,3-4,8,11-13,17H2,1-2H3,(H,18,20). The fraction of sp³-hybridized carbons (Fsp3) is 0.562. The Labute approximate surface area is 122 Å². The van der Waals surface area contributed by atoms with E-state index in [9.17, 15) is 4.79 Å². The minimum Gasteiger partial charge on any atom is -0.372 e. The molecule has 0 aliphatic rings. The number of para-hydroxylation sites is 1. The van der Waals surface area contributed by atoms with Gasteiger partial charge in [-0.2, -0.15) is 0 Å². The van der Waals surface area contributed by atoms with E-state index in [0.717, 1.165) is 25.9 Å². The van der Waals surface area contributed by atoms with Crippen molar-refractivity contribution >= 4 is 11.6 Å². The number of nitrogens with zero attached hydrogens (tertiary/aromatic N) is 1. The molecule has 0 aromatic heterocycles. The van der Waals surface area contributed by atoms with Crippen LogP contribution in [0.25, 0.3) is 0 Å². The van der Waals surface area contributed by atoms with Crippen molar-refractivity contribution in [3.05, 3.63) is 30.3 Å². The predicted octanol–water partition coefficient (Wildman–Crippen LogP) is 2.15. The lowest BCUT2D eigenvalue weighted by molar-refractivity contribution is -0.121. The molecule has 0 heterocycles. The normalized spacial score (nSPS) is 11.9. The molecule has 0 aliphatic heterocycles. The quantitative estimate of drug-likeness (QED) is 0.680. The lowest BCUT2D eigenvalue weighted by Crippen LogP contribution is -2.33. The zero-order chi connectivity index (χ0) is 14.8. The van der Waals surface area contributed by atoms with Crippen molar-refractivity contribution in [2.45, 2.75) is 39.2 Å². The molecule has 1 aromatic carbocycles. The first-order chi connectivity index (χ1) is 9.67. The summed E-state index contributed by atoms with van der Waals surface area (Å²) in [7, 11) is 0. The Morgan fingerprint density at radius 2 is 2.00 bits per heavy atom. The topological polar surface area (TPSA) is 58.4 Å². The molecule has 0 saturated carbocycles. The largest absolute Gasteiger partial charge is 0.372 e. The summed E-state index contributed by atoms with van der Waals surface area (Å²) in [4.78, 5) is 13.9. The second-order valence-electron chi connectivity index (χ2n) is 4.99. The van der Waals surface area contributed by atoms with E-state index in [2.05, 4.69) is 29.3 Å². The summed E-state index contributed by atoms with van der Waals surface area (Å²) in [6, 6.07) is 10.3. The first-order valence-corrected chi connectivity index (χ1v) is 7.49. The first-order valence-electron chi connectivity index (χ1n) is 7.49. The molecule has 4 nitrogen and oxygen atoms in total. The van der Waals surface area contributed by atoms with E-state index < -0.39 is 0 Å². The molecule has 0 spiro atoms. The van der Waals surface area contributed by atoms with Gasteiger partial charge in [0.1, 0.15) is 0 Å². The van der Waals surface area contributed by atoms with Crippen LogP contribution in [0, 0.1) is 0 Å². The van der Waals surface area contributed by atoms with Crippen LogP contribution >= 0.6 is 0 Å². The highest BCUT2D eigenvalue weighted by Gasteiger charge is 2.07. The molecule has 3 N–H and O–H groups in total. The van der Waals surface area contributed by atoms with Crippen molar-refractivity contribution in [2.24, 2.45) is 5.73 Å². The number of nitrogens with two attached hydrogens (primary N) is 1. The highest BCUT2D eigenvalue weighted by atomic mass is 16.1. The van der Waals surface area contributed by atoms with Crippen molar-refractivity contribution in [1.29, 1.82) is 0 Å². The summed E-state index contributed by atoms with van der Waals surface area (Å²) in [5.41, 5.74) is 6.99. The Hall–Kier alpha value is -1.55. The van der Waals surface area contributed by atoms with Crippen LogP contribution in [0.1, 0.15) is 33.1 Å². The summed E-state index contributed by atoms with van der Waals surface area (Å²) < 4.78 is 0. The highest BCUT2D eigenvalue weighted by molar-refractivity contribution is 5.76. The van der Waals surface area contributed by atoms with Gasteiger partial charge in [-0.15, -0.1) is 0 Å². The van der Waals surface area contributed by atoms with E-state index in [1.165, 1.54) is 5.69 Å². The van der Waals surface area contributed by atoms with Crippen LogP contribution in [0.2, 0.25) is 0 Å². The fourth-order valence-electron chi connectivity index (χ4n) is 2.06. The van der Waals surface area contributed by atoms with E-state index in [1.54, 1.807) is 0 Å². The zero-order valence-corrected chi connectivity index (χ0v) is 12.6. The smallest absolute Gasteiger partial charge is 0.221 e. The molecule has 1 rings (SSSR count). The first kappa shape index (κ1) is 16.5. The van der Waals surface area contributed by atoms with Crippen LogP contribution in [0.4, 0.5) is 5.69 Å². The number of benzene rings is 1. The van der Waals surface area contributed by atoms with Gasteiger partial charge in [-0.1, -0.05) is 25.1 Å². The highest BCUT2D eigenvalue weighted by Crippen LogP contribution is 2.12. The summed E-state index contributed by atoms with van der Waals surface area (Å²) in [5.74, 6) is 0.0575. The van der Waals surface area contributed by atoms with Gasteiger partial charge in [0.25, 0.3) is 0 Å². The predicted molar refractivity (Wildman–Crippen MR) is 84.8 cm³/mol. The van der Waals surface area contributed by atoms with Gasteiger partial charge >= 0.3 is 0 Å². The third-order valence-electron chi connectivity index (χ3n) is 3.40. The van der Waals surface area contributed by atoms with E-state index in [4.69, 9.17) is 5.73 Å². The number of amides is 1. The van der Waals surface area contributed by atoms with Gasteiger partial charge in [0.15, 0.2) is 0 Å². The van der Waals surface area contributed by atoms with Crippen LogP contribution in [0.15, 0.2) is 30.3 Å². The molecule has 0 aliphatic carbocycles. The van der Waals surface area contributed by atoms with Crippen molar-refractivity contribution in [1.82, 2.24) is 5.32 Å². The third-order valence-corrected chi connectivity index (χ3v) is 3.40. The van der Waals surface area contributed by atoms with Gasteiger partial charge in [-0.25, -0.2) is 0 Å². The Balaban J connectivity index is 2.24. The lowest BCUT2D eigenvalue weighted by Gasteiger charge is -2.23. The van der Waals surface area contributed by atoms with Gasteiger partial charge in [0.2, 0.25) is 5.91 Å². The van der Waals surface area contributed by atoms with Crippen molar-refractivity contribution < 1.29 is 4.79 Å². The maximum absolute atomic E-state index is 11.6. The second-order valence-corrected chi connectivity index (χ2v) is 4.99. The number of nitrogens with one attached hydrogen (secondary N) is 1. The minimum absolute atomic E-state index is 0.0218. The molecule has 4 heteroatoms. The SMILES string of the molecule is CCC(N)CC(=O)NCCCN(CC)c1ccccc1. The Morgan fingerprint density at radius 1 is 1.30 bits per heavy atom. The lowest BCUT2D eigenvalue weighted by atomic mass is 10.1. The van der Waals surface area contributed by atoms with Crippen LogP contribution in [0.5, 0.6) is 0 Å². The maximum Gasteiger partial charge on any atom is 0.221 e. The van der Waals surface area contributed by atoms with Gasteiger partial charge < -0.3 is 16.0 Å². The Kier molecular flexibility index (Phi) is 7.73. The van der Waals surface area contributed by atoms with E-state index in [-0.39, 0.29) is 11.9 Å². The average molecular weight is 277 g/mol. The van der Waals surface area contributed by atoms with Crippen molar-refractivity contribution in [2.75, 3.05) is 24.5 Å². The van der Waals surface area contributed by atoms with E-state index >= 15 is 0 Å². The number of rotatable bonds is 9. The molecular weight excluding hydrogens is 250 g/mol. The molecular formula is C16H27N3O. The molecule has 0 radical (unpaired) electrons. The molecule has 0 bridgehead atoms. The van der Waals surface area contributed by atoms with Gasteiger partial charge in [-0.3, -0.25) is 4.79 Å². The molecule has 1 atom stereocenters. The van der Waals surface area contributed by atoms with Crippen molar-refractivity contribution in [3.8, 4) is 0 Å². The molecule has 0 saturated heterocycles. The minimum atomic E-state index is -0.0218. The third kappa shape index (κ3) is 6.06. The molecule has 1 amide bonds. The van der Waals surface area contributed by atoms with Crippen LogP contribution in [-0.2, 0) is 4.79 Å². The number of hydrogen-bond acceptors (Lipinski definition) is 3. The Bertz CT molecular complexity index is 381. The Morgan fingerprint density at radius 3 is 2.60 bits per heavy atom. The van der Waals surface area contributed by atoms with Gasteiger partial charge in [-0.05, 0) is 31.9 Å². The van der Waals surface area contributed by atoms with Crippen molar-refractivity contribution in [3.63, 3.8) is 0 Å². The van der Waals surface area contributed by atoms with E-state index in [0.29, 0.717) is 13.0 Å². The van der Waals surface area contributed by atoms with Crippen LogP contribution in [0.3, 0.4) is 0 Å². The van der Waals surface area contributed by atoms with Crippen LogP contribution in [-0.4, -0.2) is 31.6 Å². The zero-order valence-electron chi connectivity index (χ0n) is 12.6. The molecule has 112 valence electrons. The average Bonchev–Trinajstić information content (AvgIpc) is 2.48. The molecule has 0 fully saturated rings. The monoisotopic (exact) mass is 277 g/mol. The molecule has 1 aromatic rings. The maximum atomic E-state index is 11.6. The number of anilines is 1.